The van der Waals surface area contributed by atoms with Crippen molar-refractivity contribution in [3.8, 4) is 11.5 Å². The molecule has 0 bridgehead atoms. The number of benzene rings is 2. The molecule has 27 heavy (non-hydrogen) atoms. The number of fused-ring (bicyclic) bond motifs is 2. The second-order valence-electron chi connectivity index (χ2n) is 6.10. The van der Waals surface area contributed by atoms with Crippen LogP contribution in [0, 0.1) is 0 Å². The van der Waals surface area contributed by atoms with Gasteiger partial charge in [0.1, 0.15) is 0 Å². The van der Waals surface area contributed by atoms with Gasteiger partial charge in [-0.25, -0.2) is 4.79 Å². The number of amides is 4. The second kappa shape index (κ2) is 6.99. The molecule has 4 rings (SSSR count). The SMILES string of the molecule is O=C(NCCN1C(=O)c2ccccc2C1=O)NCc1ccc2c(c1)OCO2. The molecule has 2 aromatic rings. The lowest BCUT2D eigenvalue weighted by Gasteiger charge is -2.14. The van der Waals surface area contributed by atoms with Gasteiger partial charge in [0.15, 0.2) is 11.5 Å². The van der Waals surface area contributed by atoms with Crippen LogP contribution in [0.3, 0.4) is 0 Å². The van der Waals surface area contributed by atoms with Crippen molar-refractivity contribution in [2.24, 2.45) is 0 Å². The number of rotatable bonds is 5. The highest BCUT2D eigenvalue weighted by atomic mass is 16.7. The highest BCUT2D eigenvalue weighted by Gasteiger charge is 2.34. The molecule has 2 aromatic carbocycles. The standard InChI is InChI=1S/C19H17N3O5/c23-17-13-3-1-2-4-14(13)18(24)22(17)8-7-20-19(25)21-10-12-5-6-15-16(9-12)27-11-26-15/h1-6,9H,7-8,10-11H2,(H2,20,21,25). The molecule has 0 atom stereocenters. The minimum absolute atomic E-state index is 0.115. The number of nitrogens with zero attached hydrogens (tertiary/aromatic N) is 1. The Morgan fingerprint density at radius 1 is 0.963 bits per heavy atom. The van der Waals surface area contributed by atoms with Crippen LogP contribution < -0.4 is 20.1 Å². The van der Waals surface area contributed by atoms with Crippen molar-refractivity contribution in [3.63, 3.8) is 0 Å². The van der Waals surface area contributed by atoms with Crippen LogP contribution in [0.4, 0.5) is 4.79 Å². The van der Waals surface area contributed by atoms with Crippen LogP contribution >= 0.6 is 0 Å². The largest absolute Gasteiger partial charge is 0.454 e. The Hall–Kier alpha value is -3.55. The van der Waals surface area contributed by atoms with Crippen molar-refractivity contribution in [1.29, 1.82) is 0 Å². The Kier molecular flexibility index (Phi) is 4.37. The molecule has 0 aliphatic carbocycles. The van der Waals surface area contributed by atoms with E-state index in [1.54, 1.807) is 36.4 Å². The van der Waals surface area contributed by atoms with Crippen molar-refractivity contribution < 1.29 is 23.9 Å². The van der Waals surface area contributed by atoms with Gasteiger partial charge in [-0.05, 0) is 29.8 Å². The van der Waals surface area contributed by atoms with Crippen LogP contribution in [0.1, 0.15) is 26.3 Å². The van der Waals surface area contributed by atoms with Crippen molar-refractivity contribution in [3.05, 3.63) is 59.2 Å². The van der Waals surface area contributed by atoms with Crippen molar-refractivity contribution >= 4 is 17.8 Å². The third-order valence-electron chi connectivity index (χ3n) is 4.39. The summed E-state index contributed by atoms with van der Waals surface area (Å²) in [4.78, 5) is 37.6. The molecule has 8 nitrogen and oxygen atoms in total. The van der Waals surface area contributed by atoms with Gasteiger partial charge >= 0.3 is 6.03 Å². The first-order valence-corrected chi connectivity index (χ1v) is 8.49. The number of carbonyl (C=O) groups is 3. The molecule has 0 saturated carbocycles. The maximum absolute atomic E-state index is 12.2. The molecule has 0 spiro atoms. The average Bonchev–Trinajstić information content (AvgIpc) is 3.25. The minimum atomic E-state index is -0.385. The lowest BCUT2D eigenvalue weighted by molar-refractivity contribution is 0.0656. The monoisotopic (exact) mass is 367 g/mol. The molecule has 0 radical (unpaired) electrons. The van der Waals surface area contributed by atoms with E-state index in [2.05, 4.69) is 10.6 Å². The zero-order chi connectivity index (χ0) is 18.8. The number of carbonyl (C=O) groups excluding carboxylic acids is 3. The van der Waals surface area contributed by atoms with E-state index in [0.29, 0.717) is 29.2 Å². The summed E-state index contributed by atoms with van der Waals surface area (Å²) >= 11 is 0. The van der Waals surface area contributed by atoms with Gasteiger partial charge in [-0.1, -0.05) is 18.2 Å². The Bertz CT molecular complexity index is 892. The van der Waals surface area contributed by atoms with Gasteiger partial charge in [0.05, 0.1) is 11.1 Å². The molecule has 138 valence electrons. The summed E-state index contributed by atoms with van der Waals surface area (Å²) in [7, 11) is 0. The Balaban J connectivity index is 1.24. The Labute approximate surface area is 155 Å². The number of ether oxygens (including phenoxy) is 2. The third kappa shape index (κ3) is 3.29. The number of hydrogen-bond donors (Lipinski definition) is 2. The van der Waals surface area contributed by atoms with Gasteiger partial charge in [0.25, 0.3) is 11.8 Å². The number of hydrogen-bond acceptors (Lipinski definition) is 5. The van der Waals surface area contributed by atoms with E-state index < -0.39 is 0 Å². The molecule has 2 aliphatic rings. The van der Waals surface area contributed by atoms with Crippen LogP contribution in [0.5, 0.6) is 11.5 Å². The normalized spacial score (nSPS) is 14.3. The summed E-state index contributed by atoms with van der Waals surface area (Å²) in [6.07, 6.45) is 0. The first-order valence-electron chi connectivity index (χ1n) is 8.49. The fraction of sp³-hybridized carbons (Fsp3) is 0.211. The summed E-state index contributed by atoms with van der Waals surface area (Å²) in [5, 5.41) is 5.37. The third-order valence-corrected chi connectivity index (χ3v) is 4.39. The van der Waals surface area contributed by atoms with Crippen LogP contribution in [-0.4, -0.2) is 42.6 Å². The summed E-state index contributed by atoms with van der Waals surface area (Å²) in [6, 6.07) is 11.7. The maximum atomic E-state index is 12.2. The summed E-state index contributed by atoms with van der Waals surface area (Å²) in [5.41, 5.74) is 1.67. The molecule has 0 unspecified atom stereocenters. The van der Waals surface area contributed by atoms with Crippen LogP contribution in [-0.2, 0) is 6.54 Å². The smallest absolute Gasteiger partial charge is 0.315 e. The fourth-order valence-electron chi connectivity index (χ4n) is 3.02. The summed E-state index contributed by atoms with van der Waals surface area (Å²) < 4.78 is 10.5. The fourth-order valence-corrected chi connectivity index (χ4v) is 3.02. The number of imide groups is 1. The highest BCUT2D eigenvalue weighted by molar-refractivity contribution is 6.21. The van der Waals surface area contributed by atoms with E-state index in [4.69, 9.17) is 9.47 Å². The van der Waals surface area contributed by atoms with Crippen molar-refractivity contribution in [2.75, 3.05) is 19.9 Å². The molecule has 2 N–H and O–H groups in total. The second-order valence-corrected chi connectivity index (χ2v) is 6.10. The van der Waals surface area contributed by atoms with Crippen LogP contribution in [0.15, 0.2) is 42.5 Å². The van der Waals surface area contributed by atoms with Gasteiger partial charge in [0.2, 0.25) is 6.79 Å². The van der Waals surface area contributed by atoms with E-state index in [1.807, 2.05) is 6.07 Å². The Morgan fingerprint density at radius 3 is 2.41 bits per heavy atom. The van der Waals surface area contributed by atoms with E-state index in [-0.39, 0.29) is 37.7 Å². The summed E-state index contributed by atoms with van der Waals surface area (Å²) in [5.74, 6) is 0.667. The molecule has 4 amide bonds. The van der Waals surface area contributed by atoms with Gasteiger partial charge in [-0.15, -0.1) is 0 Å². The van der Waals surface area contributed by atoms with Crippen LogP contribution in [0.25, 0.3) is 0 Å². The van der Waals surface area contributed by atoms with E-state index in [9.17, 15) is 14.4 Å². The average molecular weight is 367 g/mol. The molecular weight excluding hydrogens is 350 g/mol. The molecule has 8 heteroatoms. The van der Waals surface area contributed by atoms with E-state index >= 15 is 0 Å². The minimum Gasteiger partial charge on any atom is -0.454 e. The predicted molar refractivity (Wildman–Crippen MR) is 94.6 cm³/mol. The number of nitrogens with one attached hydrogen (secondary N) is 2. The molecular formula is C19H17N3O5. The van der Waals surface area contributed by atoms with Gasteiger partial charge in [-0.3, -0.25) is 14.5 Å². The molecule has 2 aliphatic heterocycles. The highest BCUT2D eigenvalue weighted by Crippen LogP contribution is 2.32. The molecule has 0 saturated heterocycles. The lowest BCUT2D eigenvalue weighted by Crippen LogP contribution is -2.41. The molecule has 0 aromatic heterocycles. The topological polar surface area (TPSA) is 97.0 Å². The van der Waals surface area contributed by atoms with Crippen molar-refractivity contribution in [2.45, 2.75) is 6.54 Å². The first-order chi connectivity index (χ1) is 13.1. The van der Waals surface area contributed by atoms with Crippen molar-refractivity contribution in [1.82, 2.24) is 15.5 Å². The van der Waals surface area contributed by atoms with E-state index in [1.165, 1.54) is 0 Å². The quantitative estimate of drug-likeness (QED) is 0.781. The Morgan fingerprint density at radius 2 is 1.67 bits per heavy atom. The predicted octanol–water partition coefficient (Wildman–Crippen LogP) is 1.51. The van der Waals surface area contributed by atoms with Crippen LogP contribution in [0.2, 0.25) is 0 Å². The van der Waals surface area contributed by atoms with Gasteiger partial charge in [0, 0.05) is 19.6 Å². The van der Waals surface area contributed by atoms with Gasteiger partial charge < -0.3 is 20.1 Å². The van der Waals surface area contributed by atoms with E-state index in [0.717, 1.165) is 10.5 Å². The lowest BCUT2D eigenvalue weighted by atomic mass is 10.1. The summed E-state index contributed by atoms with van der Waals surface area (Å²) in [6.45, 7) is 0.794. The number of urea groups is 1. The molecule has 2 heterocycles. The van der Waals surface area contributed by atoms with Gasteiger partial charge in [-0.2, -0.15) is 0 Å². The maximum Gasteiger partial charge on any atom is 0.315 e. The molecule has 0 fully saturated rings. The first kappa shape index (κ1) is 16.9. The zero-order valence-electron chi connectivity index (χ0n) is 14.4. The zero-order valence-corrected chi connectivity index (χ0v) is 14.4.